The van der Waals surface area contributed by atoms with Crippen LogP contribution in [0.3, 0.4) is 0 Å². The second-order valence-electron chi connectivity index (χ2n) is 6.76. The normalized spacial score (nSPS) is 32.0. The quantitative estimate of drug-likeness (QED) is 0.616. The molecule has 0 aromatic heterocycles. The fourth-order valence-corrected chi connectivity index (χ4v) is 4.23. The summed E-state index contributed by atoms with van der Waals surface area (Å²) in [6.07, 6.45) is 7.62. The highest BCUT2D eigenvalue weighted by atomic mass is 16.4. The van der Waals surface area contributed by atoms with Crippen molar-refractivity contribution in [3.8, 4) is 0 Å². The molecule has 2 fully saturated rings. The topological polar surface area (TPSA) is 60.9 Å². The van der Waals surface area contributed by atoms with Crippen LogP contribution in [0.1, 0.15) is 32.1 Å². The monoisotopic (exact) mass is 292 g/mol. The Morgan fingerprint density at radius 1 is 1.19 bits per heavy atom. The van der Waals surface area contributed by atoms with Gasteiger partial charge in [-0.25, -0.2) is 0 Å². The molecule has 0 saturated carbocycles. The first-order chi connectivity index (χ1) is 10.0. The predicted octanol–water partition coefficient (Wildman–Crippen LogP) is 1.35. The molecule has 2 atom stereocenters. The molecule has 0 spiro atoms. The van der Waals surface area contributed by atoms with Crippen molar-refractivity contribution < 1.29 is 14.7 Å². The number of rotatable bonds is 2. The highest BCUT2D eigenvalue weighted by Crippen LogP contribution is 2.38. The van der Waals surface area contributed by atoms with Crippen LogP contribution < -0.4 is 0 Å². The summed E-state index contributed by atoms with van der Waals surface area (Å²) in [5, 5.41) is 9.54. The molecule has 21 heavy (non-hydrogen) atoms. The van der Waals surface area contributed by atoms with Crippen molar-refractivity contribution in [3.63, 3.8) is 0 Å². The number of nitrogens with zero attached hydrogens (tertiary/aromatic N) is 2. The third kappa shape index (κ3) is 2.37. The lowest BCUT2D eigenvalue weighted by Gasteiger charge is -2.47. The van der Waals surface area contributed by atoms with Gasteiger partial charge in [0.2, 0.25) is 5.91 Å². The number of hydrogen-bond donors (Lipinski definition) is 1. The van der Waals surface area contributed by atoms with E-state index in [0.717, 1.165) is 25.9 Å². The van der Waals surface area contributed by atoms with E-state index in [4.69, 9.17) is 0 Å². The van der Waals surface area contributed by atoms with Crippen LogP contribution >= 0.6 is 0 Å². The number of aliphatic carboxylic acids is 1. The molecule has 1 amide bonds. The van der Waals surface area contributed by atoms with Crippen molar-refractivity contribution in [2.24, 2.45) is 11.3 Å². The van der Waals surface area contributed by atoms with Gasteiger partial charge in [0.05, 0.1) is 0 Å². The van der Waals surface area contributed by atoms with Gasteiger partial charge in [0.1, 0.15) is 0 Å². The van der Waals surface area contributed by atoms with Crippen molar-refractivity contribution in [1.29, 1.82) is 0 Å². The van der Waals surface area contributed by atoms with Gasteiger partial charge in [-0.05, 0) is 51.6 Å². The average Bonchev–Trinajstić information content (AvgIpc) is 2.97. The largest absolute Gasteiger partial charge is 0.480 e. The van der Waals surface area contributed by atoms with E-state index in [1.54, 1.807) is 0 Å². The Bertz CT molecular complexity index is 466. The number of carbonyl (C=O) groups is 2. The molecule has 0 bridgehead atoms. The standard InChI is InChI=1S/C16H24N2O3/c1-17-9-4-5-12-11-18(10-6-13(12)17)14(19)16(15(20)21)7-2-3-8-16/h2-3,12-13H,4-11H2,1H3,(H,20,21). The van der Waals surface area contributed by atoms with E-state index in [9.17, 15) is 14.7 Å². The Morgan fingerprint density at radius 2 is 1.90 bits per heavy atom. The number of hydrogen-bond acceptors (Lipinski definition) is 3. The van der Waals surface area contributed by atoms with Crippen molar-refractivity contribution >= 4 is 11.9 Å². The Balaban J connectivity index is 1.73. The molecule has 2 heterocycles. The molecule has 0 aromatic rings. The second-order valence-corrected chi connectivity index (χ2v) is 6.76. The number of carboxylic acid groups (broad SMARTS) is 1. The van der Waals surface area contributed by atoms with Crippen LogP contribution in [-0.4, -0.2) is 59.5 Å². The van der Waals surface area contributed by atoms with Crippen molar-refractivity contribution in [2.75, 3.05) is 26.7 Å². The smallest absolute Gasteiger partial charge is 0.319 e. The number of amides is 1. The van der Waals surface area contributed by atoms with Gasteiger partial charge in [0.25, 0.3) is 0 Å². The third-order valence-electron chi connectivity index (χ3n) is 5.55. The summed E-state index contributed by atoms with van der Waals surface area (Å²) in [6, 6.07) is 0.560. The summed E-state index contributed by atoms with van der Waals surface area (Å²) in [4.78, 5) is 28.7. The average molecular weight is 292 g/mol. The highest BCUT2D eigenvalue weighted by Gasteiger charge is 2.50. The molecular weight excluding hydrogens is 268 g/mol. The van der Waals surface area contributed by atoms with Gasteiger partial charge in [-0.2, -0.15) is 0 Å². The zero-order chi connectivity index (χ0) is 15.0. The van der Waals surface area contributed by atoms with Crippen LogP contribution in [0.25, 0.3) is 0 Å². The predicted molar refractivity (Wildman–Crippen MR) is 78.8 cm³/mol. The van der Waals surface area contributed by atoms with Crippen LogP contribution in [0.4, 0.5) is 0 Å². The van der Waals surface area contributed by atoms with Gasteiger partial charge in [-0.3, -0.25) is 9.59 Å². The van der Waals surface area contributed by atoms with Crippen molar-refractivity contribution in [1.82, 2.24) is 9.80 Å². The fraction of sp³-hybridized carbons (Fsp3) is 0.750. The van der Waals surface area contributed by atoms with Gasteiger partial charge in [0.15, 0.2) is 5.41 Å². The SMILES string of the molecule is CN1CCCC2CN(C(=O)C3(C(=O)O)CC=CC3)CCC21. The molecule has 0 aromatic carbocycles. The van der Waals surface area contributed by atoms with Crippen LogP contribution in [0.2, 0.25) is 0 Å². The Labute approximate surface area is 125 Å². The first kappa shape index (κ1) is 14.6. The Hall–Kier alpha value is -1.36. The summed E-state index contributed by atoms with van der Waals surface area (Å²) >= 11 is 0. The van der Waals surface area contributed by atoms with E-state index in [2.05, 4.69) is 11.9 Å². The Morgan fingerprint density at radius 3 is 2.57 bits per heavy atom. The number of fused-ring (bicyclic) bond motifs is 1. The molecule has 1 aliphatic carbocycles. The van der Waals surface area contributed by atoms with Gasteiger partial charge in [-0.15, -0.1) is 0 Å². The summed E-state index contributed by atoms with van der Waals surface area (Å²) in [7, 11) is 2.16. The van der Waals surface area contributed by atoms with E-state index in [-0.39, 0.29) is 5.91 Å². The van der Waals surface area contributed by atoms with E-state index >= 15 is 0 Å². The molecule has 2 saturated heterocycles. The van der Waals surface area contributed by atoms with Gasteiger partial charge in [-0.1, -0.05) is 12.2 Å². The molecule has 0 radical (unpaired) electrons. The van der Waals surface area contributed by atoms with E-state index in [1.165, 1.54) is 6.42 Å². The van der Waals surface area contributed by atoms with Gasteiger partial charge >= 0.3 is 5.97 Å². The number of allylic oxidation sites excluding steroid dienone is 2. The van der Waals surface area contributed by atoms with E-state index in [0.29, 0.717) is 31.3 Å². The minimum atomic E-state index is -1.23. The maximum atomic E-state index is 12.8. The molecule has 5 heteroatoms. The summed E-state index contributed by atoms with van der Waals surface area (Å²) in [6.45, 7) is 2.56. The van der Waals surface area contributed by atoms with E-state index in [1.807, 2.05) is 17.1 Å². The number of likely N-dealkylation sites (tertiary alicyclic amines) is 2. The maximum absolute atomic E-state index is 12.8. The fourth-order valence-electron chi connectivity index (χ4n) is 4.23. The number of piperidine rings is 2. The molecule has 3 rings (SSSR count). The molecule has 2 unspecified atom stereocenters. The van der Waals surface area contributed by atoms with Crippen LogP contribution in [0.5, 0.6) is 0 Å². The lowest BCUT2D eigenvalue weighted by molar-refractivity contribution is -0.161. The minimum absolute atomic E-state index is 0.174. The van der Waals surface area contributed by atoms with Gasteiger partial charge < -0.3 is 14.9 Å². The first-order valence-electron chi connectivity index (χ1n) is 7.92. The molecule has 1 N–H and O–H groups in total. The lowest BCUT2D eigenvalue weighted by Crippen LogP contribution is -2.57. The molecule has 3 aliphatic rings. The summed E-state index contributed by atoms with van der Waals surface area (Å²) in [5.74, 6) is -0.645. The lowest BCUT2D eigenvalue weighted by atomic mass is 9.80. The highest BCUT2D eigenvalue weighted by molar-refractivity contribution is 6.02. The zero-order valence-electron chi connectivity index (χ0n) is 12.6. The van der Waals surface area contributed by atoms with Crippen molar-refractivity contribution in [2.45, 2.75) is 38.1 Å². The van der Waals surface area contributed by atoms with Crippen molar-refractivity contribution in [3.05, 3.63) is 12.2 Å². The molecular formula is C16H24N2O3. The Kier molecular flexibility index (Phi) is 3.78. The minimum Gasteiger partial charge on any atom is -0.480 e. The molecule has 2 aliphatic heterocycles. The second kappa shape index (κ2) is 5.44. The van der Waals surface area contributed by atoms with Gasteiger partial charge in [0, 0.05) is 19.1 Å². The summed E-state index contributed by atoms with van der Waals surface area (Å²) < 4.78 is 0. The van der Waals surface area contributed by atoms with E-state index < -0.39 is 11.4 Å². The maximum Gasteiger partial charge on any atom is 0.319 e. The number of carbonyl (C=O) groups excluding carboxylic acids is 1. The summed E-state index contributed by atoms with van der Waals surface area (Å²) in [5.41, 5.74) is -1.23. The molecule has 5 nitrogen and oxygen atoms in total. The van der Waals surface area contributed by atoms with Crippen LogP contribution in [0, 0.1) is 11.3 Å². The third-order valence-corrected chi connectivity index (χ3v) is 5.55. The van der Waals surface area contributed by atoms with Crippen LogP contribution in [-0.2, 0) is 9.59 Å². The number of carboxylic acids is 1. The zero-order valence-corrected chi connectivity index (χ0v) is 12.6. The molecule has 116 valence electrons. The van der Waals surface area contributed by atoms with Crippen LogP contribution in [0.15, 0.2) is 12.2 Å². The first-order valence-corrected chi connectivity index (χ1v) is 7.92.